The van der Waals surface area contributed by atoms with Crippen LogP contribution in [0.3, 0.4) is 0 Å². The van der Waals surface area contributed by atoms with Crippen molar-refractivity contribution in [3.8, 4) is 11.5 Å². The van der Waals surface area contributed by atoms with Crippen LogP contribution >= 0.6 is 11.6 Å². The van der Waals surface area contributed by atoms with Gasteiger partial charge in [-0.2, -0.15) is 0 Å². The fraction of sp³-hybridized carbons (Fsp3) is 0.333. The molecule has 8 heteroatoms. The molecule has 0 heterocycles. The molecule has 2 aromatic carbocycles. The number of nitro benzene ring substituents is 1. The minimum Gasteiger partial charge on any atom is -0.493 e. The fourth-order valence-corrected chi connectivity index (χ4v) is 2.51. The second kappa shape index (κ2) is 9.96. The van der Waals surface area contributed by atoms with Crippen LogP contribution in [0.2, 0.25) is 5.02 Å². The summed E-state index contributed by atoms with van der Waals surface area (Å²) in [5.74, 6) is 1.05. The number of halogens is 1. The van der Waals surface area contributed by atoms with Crippen LogP contribution in [0.1, 0.15) is 17.5 Å². The smallest absolute Gasteiger partial charge is 0.269 e. The lowest BCUT2D eigenvalue weighted by Gasteiger charge is -2.14. The summed E-state index contributed by atoms with van der Waals surface area (Å²) in [5, 5.41) is 23.2. The van der Waals surface area contributed by atoms with Gasteiger partial charge in [-0.25, -0.2) is 0 Å². The Hall–Kier alpha value is -2.35. The van der Waals surface area contributed by atoms with Crippen molar-refractivity contribution in [3.05, 3.63) is 62.7 Å². The first kappa shape index (κ1) is 20.0. The average molecular weight is 381 g/mol. The molecule has 0 radical (unpaired) electrons. The number of benzene rings is 2. The van der Waals surface area contributed by atoms with E-state index in [2.05, 4.69) is 5.32 Å². The maximum Gasteiger partial charge on any atom is 0.269 e. The van der Waals surface area contributed by atoms with Crippen molar-refractivity contribution >= 4 is 17.3 Å². The van der Waals surface area contributed by atoms with Crippen LogP contribution in [0.25, 0.3) is 0 Å². The van der Waals surface area contributed by atoms with Crippen molar-refractivity contribution in [2.45, 2.75) is 19.6 Å². The molecule has 0 amide bonds. The highest BCUT2D eigenvalue weighted by Crippen LogP contribution is 2.34. The van der Waals surface area contributed by atoms with Gasteiger partial charge in [0.25, 0.3) is 5.69 Å². The quantitative estimate of drug-likeness (QED) is 0.373. The molecule has 140 valence electrons. The van der Waals surface area contributed by atoms with Gasteiger partial charge in [0.2, 0.25) is 0 Å². The van der Waals surface area contributed by atoms with Crippen molar-refractivity contribution in [2.75, 3.05) is 20.3 Å². The van der Waals surface area contributed by atoms with Crippen LogP contribution in [-0.2, 0) is 13.2 Å². The molecular formula is C18H21ClN2O5. The van der Waals surface area contributed by atoms with Crippen LogP contribution < -0.4 is 14.8 Å². The highest BCUT2D eigenvalue weighted by Gasteiger charge is 2.11. The lowest BCUT2D eigenvalue weighted by molar-refractivity contribution is -0.384. The lowest BCUT2D eigenvalue weighted by Crippen LogP contribution is -2.16. The van der Waals surface area contributed by atoms with Gasteiger partial charge in [0.1, 0.15) is 6.61 Å². The summed E-state index contributed by atoms with van der Waals surface area (Å²) >= 11 is 6.31. The van der Waals surface area contributed by atoms with E-state index in [1.807, 2.05) is 0 Å². The number of nitrogens with one attached hydrogen (secondary N) is 1. The molecule has 2 N–H and O–H groups in total. The van der Waals surface area contributed by atoms with Crippen molar-refractivity contribution < 1.29 is 19.5 Å². The maximum absolute atomic E-state index is 10.7. The lowest BCUT2D eigenvalue weighted by atomic mass is 10.2. The van der Waals surface area contributed by atoms with Crippen LogP contribution in [-0.4, -0.2) is 30.3 Å². The molecule has 0 aliphatic rings. The predicted octanol–water partition coefficient (Wildman–Crippen LogP) is 3.31. The van der Waals surface area contributed by atoms with E-state index >= 15 is 0 Å². The first-order valence-corrected chi connectivity index (χ1v) is 8.47. The predicted molar refractivity (Wildman–Crippen MR) is 98.8 cm³/mol. The molecule has 0 saturated carbocycles. The second-order valence-electron chi connectivity index (χ2n) is 5.56. The molecule has 0 aliphatic heterocycles. The standard InChI is InChI=1S/C18H21ClN2O5/c1-25-17-9-14(11-20-7-2-8-22)16(19)10-18(17)26-12-13-3-5-15(6-4-13)21(23)24/h3-6,9-10,20,22H,2,7-8,11-12H2,1H3. The Bertz CT molecular complexity index is 737. The van der Waals surface area contributed by atoms with Crippen molar-refractivity contribution in [1.29, 1.82) is 0 Å². The van der Waals surface area contributed by atoms with Crippen LogP contribution in [0.4, 0.5) is 5.69 Å². The largest absolute Gasteiger partial charge is 0.493 e. The molecule has 7 nitrogen and oxygen atoms in total. The molecule has 0 bridgehead atoms. The number of hydrogen-bond acceptors (Lipinski definition) is 6. The fourth-order valence-electron chi connectivity index (χ4n) is 2.29. The van der Waals surface area contributed by atoms with Gasteiger partial charge >= 0.3 is 0 Å². The van der Waals surface area contributed by atoms with Crippen molar-refractivity contribution in [3.63, 3.8) is 0 Å². The first-order chi connectivity index (χ1) is 12.5. The summed E-state index contributed by atoms with van der Waals surface area (Å²) in [5.41, 5.74) is 1.69. The van der Waals surface area contributed by atoms with Crippen LogP contribution in [0, 0.1) is 10.1 Å². The number of aliphatic hydroxyl groups excluding tert-OH is 1. The average Bonchev–Trinajstić information content (AvgIpc) is 2.65. The van der Waals surface area contributed by atoms with E-state index in [1.54, 1.807) is 31.4 Å². The van der Waals surface area contributed by atoms with Gasteiger partial charge in [0.05, 0.1) is 12.0 Å². The molecule has 0 aliphatic carbocycles. The number of ether oxygens (including phenoxy) is 2. The Labute approximate surface area is 156 Å². The number of methoxy groups -OCH3 is 1. The van der Waals surface area contributed by atoms with Gasteiger partial charge < -0.3 is 19.9 Å². The molecule has 0 saturated heterocycles. The van der Waals surface area contributed by atoms with Crippen LogP contribution in [0.5, 0.6) is 11.5 Å². The minimum absolute atomic E-state index is 0.0347. The van der Waals surface area contributed by atoms with E-state index in [-0.39, 0.29) is 18.9 Å². The Morgan fingerprint density at radius 2 is 1.96 bits per heavy atom. The second-order valence-corrected chi connectivity index (χ2v) is 5.97. The van der Waals surface area contributed by atoms with Gasteiger partial charge in [-0.3, -0.25) is 10.1 Å². The first-order valence-electron chi connectivity index (χ1n) is 8.09. The minimum atomic E-state index is -0.444. The topological polar surface area (TPSA) is 93.9 Å². The third kappa shape index (κ3) is 5.59. The van der Waals surface area contributed by atoms with E-state index in [4.69, 9.17) is 26.2 Å². The summed E-state index contributed by atoms with van der Waals surface area (Å²) in [6.45, 7) is 1.61. The maximum atomic E-state index is 10.7. The monoisotopic (exact) mass is 380 g/mol. The molecule has 26 heavy (non-hydrogen) atoms. The molecule has 0 aromatic heterocycles. The summed E-state index contributed by atoms with van der Waals surface area (Å²) in [4.78, 5) is 10.2. The molecule has 2 aromatic rings. The van der Waals surface area contributed by atoms with Gasteiger partial charge in [-0.1, -0.05) is 11.6 Å². The normalized spacial score (nSPS) is 10.6. The summed E-state index contributed by atoms with van der Waals surface area (Å²) in [6, 6.07) is 9.65. The molecule has 0 atom stereocenters. The highest BCUT2D eigenvalue weighted by molar-refractivity contribution is 6.31. The Kier molecular flexibility index (Phi) is 7.65. The Morgan fingerprint density at radius 3 is 2.58 bits per heavy atom. The number of aliphatic hydroxyl groups is 1. The third-order valence-corrected chi connectivity index (χ3v) is 4.05. The number of nitro groups is 1. The van der Waals surface area contributed by atoms with Gasteiger partial charge in [-0.05, 0) is 42.3 Å². The number of hydrogen-bond donors (Lipinski definition) is 2. The third-order valence-electron chi connectivity index (χ3n) is 3.70. The van der Waals surface area contributed by atoms with Gasteiger partial charge in [-0.15, -0.1) is 0 Å². The number of non-ortho nitro benzene ring substituents is 1. The van der Waals surface area contributed by atoms with E-state index in [9.17, 15) is 10.1 Å². The van der Waals surface area contributed by atoms with E-state index in [0.717, 1.165) is 11.1 Å². The molecule has 0 fully saturated rings. The molecule has 0 spiro atoms. The van der Waals surface area contributed by atoms with Gasteiger partial charge in [0.15, 0.2) is 11.5 Å². The van der Waals surface area contributed by atoms with Crippen molar-refractivity contribution in [1.82, 2.24) is 5.32 Å². The van der Waals surface area contributed by atoms with Gasteiger partial charge in [0, 0.05) is 36.4 Å². The zero-order valence-corrected chi connectivity index (χ0v) is 15.2. The van der Waals surface area contributed by atoms with E-state index < -0.39 is 4.92 Å². The zero-order chi connectivity index (χ0) is 18.9. The van der Waals surface area contributed by atoms with Crippen molar-refractivity contribution in [2.24, 2.45) is 0 Å². The van der Waals surface area contributed by atoms with E-state index in [0.29, 0.717) is 36.0 Å². The summed E-state index contributed by atoms with van der Waals surface area (Å²) in [7, 11) is 1.55. The Morgan fingerprint density at radius 1 is 1.23 bits per heavy atom. The summed E-state index contributed by atoms with van der Waals surface area (Å²) in [6.07, 6.45) is 0.672. The number of nitrogens with zero attached hydrogens (tertiary/aromatic N) is 1. The number of rotatable bonds is 10. The van der Waals surface area contributed by atoms with E-state index in [1.165, 1.54) is 12.1 Å². The highest BCUT2D eigenvalue weighted by atomic mass is 35.5. The molecular weight excluding hydrogens is 360 g/mol. The Balaban J connectivity index is 2.04. The molecule has 0 unspecified atom stereocenters. The summed E-state index contributed by atoms with van der Waals surface area (Å²) < 4.78 is 11.1. The van der Waals surface area contributed by atoms with Crippen LogP contribution in [0.15, 0.2) is 36.4 Å². The zero-order valence-electron chi connectivity index (χ0n) is 14.4. The SMILES string of the molecule is COc1cc(CNCCCO)c(Cl)cc1OCc1ccc([N+](=O)[O-])cc1. The molecule has 2 rings (SSSR count).